The summed E-state index contributed by atoms with van der Waals surface area (Å²) in [5, 5.41) is 1.21. The molecule has 0 radical (unpaired) electrons. The molecule has 5 heteroatoms. The Morgan fingerprint density at radius 3 is 2.94 bits per heavy atom. The van der Waals surface area contributed by atoms with E-state index in [1.165, 1.54) is 35.9 Å². The lowest BCUT2D eigenvalue weighted by atomic mass is 10.3. The van der Waals surface area contributed by atoms with Crippen molar-refractivity contribution in [3.05, 3.63) is 11.1 Å². The molecule has 0 amide bonds. The van der Waals surface area contributed by atoms with E-state index in [4.69, 9.17) is 4.74 Å². The number of hydrogen-bond donors (Lipinski definition) is 0. The first-order valence-electron chi connectivity index (χ1n) is 6.80. The smallest absolute Gasteiger partial charge is 0.185 e. The molecule has 0 aliphatic carbocycles. The van der Waals surface area contributed by atoms with Crippen LogP contribution in [0, 0.1) is 0 Å². The number of likely N-dealkylation sites (tertiary alicyclic amines) is 1. The lowest BCUT2D eigenvalue weighted by molar-refractivity contribution is 0.107. The monoisotopic (exact) mass is 267 g/mol. The number of ether oxygens (including phenoxy) is 1. The molecule has 0 spiro atoms. The van der Waals surface area contributed by atoms with Crippen molar-refractivity contribution in [2.24, 2.45) is 0 Å². The van der Waals surface area contributed by atoms with Crippen LogP contribution in [0.5, 0.6) is 0 Å². The Morgan fingerprint density at radius 1 is 1.39 bits per heavy atom. The second-order valence-electron chi connectivity index (χ2n) is 5.18. The van der Waals surface area contributed by atoms with Gasteiger partial charge in [0.1, 0.15) is 0 Å². The molecule has 0 bridgehead atoms. The van der Waals surface area contributed by atoms with Gasteiger partial charge in [0.05, 0.1) is 6.10 Å². The van der Waals surface area contributed by atoms with Crippen LogP contribution in [0.15, 0.2) is 6.20 Å². The van der Waals surface area contributed by atoms with E-state index in [2.05, 4.69) is 21.0 Å². The molecule has 0 N–H and O–H groups in total. The van der Waals surface area contributed by atoms with E-state index >= 15 is 0 Å². The van der Waals surface area contributed by atoms with E-state index in [9.17, 15) is 0 Å². The lowest BCUT2D eigenvalue weighted by Crippen LogP contribution is -2.21. The van der Waals surface area contributed by atoms with Crippen molar-refractivity contribution in [1.82, 2.24) is 9.88 Å². The van der Waals surface area contributed by atoms with E-state index in [1.807, 2.05) is 18.4 Å². The third-order valence-corrected chi connectivity index (χ3v) is 4.90. The molecule has 3 heterocycles. The third kappa shape index (κ3) is 2.68. The summed E-state index contributed by atoms with van der Waals surface area (Å²) in [6.07, 6.45) is 6.27. The van der Waals surface area contributed by atoms with Crippen molar-refractivity contribution >= 4 is 16.5 Å². The Hall–Kier alpha value is -0.650. The summed E-state index contributed by atoms with van der Waals surface area (Å²) in [7, 11) is 1.81. The Bertz CT molecular complexity index is 389. The predicted octanol–water partition coefficient (Wildman–Crippen LogP) is 1.96. The normalized spacial score (nSPS) is 25.2. The Kier molecular flexibility index (Phi) is 3.82. The van der Waals surface area contributed by atoms with Gasteiger partial charge in [0, 0.05) is 50.9 Å². The molecule has 2 aliphatic rings. The van der Waals surface area contributed by atoms with Gasteiger partial charge < -0.3 is 9.64 Å². The largest absolute Gasteiger partial charge is 0.380 e. The van der Waals surface area contributed by atoms with Crippen LogP contribution in [0.1, 0.15) is 24.1 Å². The SMILES string of the molecule is COC1CCN(Cc2cnc(N3CCCC3)s2)C1. The van der Waals surface area contributed by atoms with Gasteiger partial charge in [-0.05, 0) is 19.3 Å². The molecule has 100 valence electrons. The molecular weight excluding hydrogens is 246 g/mol. The summed E-state index contributed by atoms with van der Waals surface area (Å²) in [6, 6.07) is 0. The third-order valence-electron chi connectivity index (χ3n) is 3.86. The van der Waals surface area contributed by atoms with Crippen molar-refractivity contribution in [2.45, 2.75) is 31.9 Å². The van der Waals surface area contributed by atoms with Crippen molar-refractivity contribution in [3.63, 3.8) is 0 Å². The highest BCUT2D eigenvalue weighted by Gasteiger charge is 2.23. The summed E-state index contributed by atoms with van der Waals surface area (Å²) < 4.78 is 5.40. The number of aromatic nitrogens is 1. The van der Waals surface area contributed by atoms with Gasteiger partial charge >= 0.3 is 0 Å². The van der Waals surface area contributed by atoms with Crippen LogP contribution >= 0.6 is 11.3 Å². The van der Waals surface area contributed by atoms with E-state index in [1.54, 1.807) is 0 Å². The molecule has 2 aliphatic heterocycles. The zero-order chi connectivity index (χ0) is 12.4. The quantitative estimate of drug-likeness (QED) is 0.834. The van der Waals surface area contributed by atoms with E-state index in [-0.39, 0.29) is 0 Å². The van der Waals surface area contributed by atoms with Crippen LogP contribution in [0.2, 0.25) is 0 Å². The van der Waals surface area contributed by atoms with Gasteiger partial charge in [0.25, 0.3) is 0 Å². The molecule has 3 rings (SSSR count). The fourth-order valence-electron chi connectivity index (χ4n) is 2.78. The van der Waals surface area contributed by atoms with Gasteiger partial charge in [-0.15, -0.1) is 11.3 Å². The molecule has 1 unspecified atom stereocenters. The van der Waals surface area contributed by atoms with Gasteiger partial charge in [0.2, 0.25) is 0 Å². The van der Waals surface area contributed by atoms with Crippen LogP contribution in [0.4, 0.5) is 5.13 Å². The standard InChI is InChI=1S/C13H21N3OS/c1-17-11-4-7-15(9-11)10-12-8-14-13(18-12)16-5-2-3-6-16/h8,11H,2-7,9-10H2,1H3. The van der Waals surface area contributed by atoms with Gasteiger partial charge in [-0.2, -0.15) is 0 Å². The van der Waals surface area contributed by atoms with Crippen LogP contribution in [-0.4, -0.2) is 49.3 Å². The number of hydrogen-bond acceptors (Lipinski definition) is 5. The maximum absolute atomic E-state index is 5.40. The highest BCUT2D eigenvalue weighted by molar-refractivity contribution is 7.15. The minimum Gasteiger partial charge on any atom is -0.380 e. The Morgan fingerprint density at radius 2 is 2.22 bits per heavy atom. The molecule has 1 atom stereocenters. The number of nitrogens with zero attached hydrogens (tertiary/aromatic N) is 3. The first-order chi connectivity index (χ1) is 8.85. The zero-order valence-electron chi connectivity index (χ0n) is 11.0. The number of methoxy groups -OCH3 is 1. The summed E-state index contributed by atoms with van der Waals surface area (Å²) >= 11 is 1.86. The second kappa shape index (κ2) is 5.55. The van der Waals surface area contributed by atoms with Gasteiger partial charge in [-0.25, -0.2) is 4.98 Å². The zero-order valence-corrected chi connectivity index (χ0v) is 11.8. The summed E-state index contributed by atoms with van der Waals surface area (Å²) in [6.45, 7) is 5.61. The molecule has 4 nitrogen and oxygen atoms in total. The van der Waals surface area contributed by atoms with Crippen molar-refractivity contribution in [2.75, 3.05) is 38.2 Å². The molecule has 0 saturated carbocycles. The topological polar surface area (TPSA) is 28.6 Å². The van der Waals surface area contributed by atoms with E-state index < -0.39 is 0 Å². The van der Waals surface area contributed by atoms with Crippen LogP contribution < -0.4 is 4.90 Å². The van der Waals surface area contributed by atoms with Gasteiger partial charge in [0.15, 0.2) is 5.13 Å². The fourth-order valence-corrected chi connectivity index (χ4v) is 3.78. The van der Waals surface area contributed by atoms with Gasteiger partial charge in [-0.1, -0.05) is 0 Å². The first-order valence-corrected chi connectivity index (χ1v) is 7.61. The summed E-state index contributed by atoms with van der Waals surface area (Å²) in [5.41, 5.74) is 0. The highest BCUT2D eigenvalue weighted by Crippen LogP contribution is 2.27. The minimum atomic E-state index is 0.427. The Labute approximate surface area is 113 Å². The molecule has 1 aromatic rings. The van der Waals surface area contributed by atoms with Crippen LogP contribution in [0.25, 0.3) is 0 Å². The second-order valence-corrected chi connectivity index (χ2v) is 6.28. The highest BCUT2D eigenvalue weighted by atomic mass is 32.1. The van der Waals surface area contributed by atoms with E-state index in [0.717, 1.165) is 26.1 Å². The molecule has 0 aromatic carbocycles. The molecule has 1 aromatic heterocycles. The molecule has 18 heavy (non-hydrogen) atoms. The average Bonchev–Trinajstić information content (AvgIpc) is 3.10. The minimum absolute atomic E-state index is 0.427. The molecular formula is C13H21N3OS. The summed E-state index contributed by atoms with van der Waals surface area (Å²) in [4.78, 5) is 10.8. The van der Waals surface area contributed by atoms with E-state index in [0.29, 0.717) is 6.10 Å². The fraction of sp³-hybridized carbons (Fsp3) is 0.769. The van der Waals surface area contributed by atoms with Gasteiger partial charge in [-0.3, -0.25) is 4.90 Å². The maximum Gasteiger partial charge on any atom is 0.185 e. The van der Waals surface area contributed by atoms with Crippen molar-refractivity contribution in [1.29, 1.82) is 0 Å². The number of rotatable bonds is 4. The lowest BCUT2D eigenvalue weighted by Gasteiger charge is -2.14. The molecule has 2 fully saturated rings. The maximum atomic E-state index is 5.40. The predicted molar refractivity (Wildman–Crippen MR) is 74.3 cm³/mol. The first kappa shape index (κ1) is 12.4. The van der Waals surface area contributed by atoms with Crippen molar-refractivity contribution in [3.8, 4) is 0 Å². The molecule has 2 saturated heterocycles. The van der Waals surface area contributed by atoms with Crippen molar-refractivity contribution < 1.29 is 4.74 Å². The average molecular weight is 267 g/mol. The summed E-state index contributed by atoms with van der Waals surface area (Å²) in [5.74, 6) is 0. The van der Waals surface area contributed by atoms with Crippen LogP contribution in [-0.2, 0) is 11.3 Å². The number of thiazole rings is 1. The van der Waals surface area contributed by atoms with Crippen LogP contribution in [0.3, 0.4) is 0 Å². The number of anilines is 1. The Balaban J connectivity index is 1.57.